The van der Waals surface area contributed by atoms with Gasteiger partial charge in [0.25, 0.3) is 0 Å². The predicted molar refractivity (Wildman–Crippen MR) is 66.4 cm³/mol. The molecule has 0 amide bonds. The molecule has 1 fully saturated rings. The van der Waals surface area contributed by atoms with Crippen LogP contribution in [0.2, 0.25) is 0 Å². The van der Waals surface area contributed by atoms with Crippen molar-refractivity contribution in [1.29, 1.82) is 0 Å². The molecule has 2 rings (SSSR count). The van der Waals surface area contributed by atoms with Gasteiger partial charge in [-0.15, -0.1) is 0 Å². The molecule has 0 aromatic rings. The summed E-state index contributed by atoms with van der Waals surface area (Å²) in [4.78, 5) is 4.95. The van der Waals surface area contributed by atoms with Gasteiger partial charge in [-0.3, -0.25) is 4.90 Å². The van der Waals surface area contributed by atoms with Crippen LogP contribution in [0.3, 0.4) is 0 Å². The lowest BCUT2D eigenvalue weighted by molar-refractivity contribution is 0.100. The lowest BCUT2D eigenvalue weighted by atomic mass is 9.94. The van der Waals surface area contributed by atoms with Crippen LogP contribution < -0.4 is 0 Å². The normalized spacial score (nSPS) is 28.4. The summed E-state index contributed by atoms with van der Waals surface area (Å²) in [6.07, 6.45) is 8.57. The van der Waals surface area contributed by atoms with Crippen LogP contribution in [0.5, 0.6) is 0 Å². The number of hydrogen-bond donors (Lipinski definition) is 1. The molecule has 0 saturated carbocycles. The summed E-state index contributed by atoms with van der Waals surface area (Å²) in [5, 5.41) is 8.88. The van der Waals surface area contributed by atoms with Crippen LogP contribution in [0.1, 0.15) is 19.3 Å². The van der Waals surface area contributed by atoms with E-state index in [-0.39, 0.29) is 0 Å². The second kappa shape index (κ2) is 6.38. The Balaban J connectivity index is 1.66. The fourth-order valence-corrected chi connectivity index (χ4v) is 2.72. The predicted octanol–water partition coefficient (Wildman–Crippen LogP) is 0.953. The topological polar surface area (TPSA) is 26.7 Å². The molecule has 0 unspecified atom stereocenters. The van der Waals surface area contributed by atoms with E-state index in [2.05, 4.69) is 22.0 Å². The van der Waals surface area contributed by atoms with Crippen LogP contribution in [-0.2, 0) is 0 Å². The molecule has 3 heteroatoms. The summed E-state index contributed by atoms with van der Waals surface area (Å²) in [6.45, 7) is 7.04. The van der Waals surface area contributed by atoms with Gasteiger partial charge in [-0.2, -0.15) is 0 Å². The van der Waals surface area contributed by atoms with Gasteiger partial charge in [0, 0.05) is 39.3 Å². The maximum Gasteiger partial charge on any atom is 0.0558 e. The molecule has 1 aliphatic heterocycles. The number of piperazine rings is 1. The Hall–Kier alpha value is -0.380. The van der Waals surface area contributed by atoms with Gasteiger partial charge in [0.15, 0.2) is 0 Å². The van der Waals surface area contributed by atoms with Gasteiger partial charge in [0.05, 0.1) is 6.61 Å². The van der Waals surface area contributed by atoms with Crippen molar-refractivity contribution in [3.63, 3.8) is 0 Å². The number of β-amino-alcohol motifs (C(OH)–C–C–N with tert-alkyl or cyclic N) is 1. The summed E-state index contributed by atoms with van der Waals surface area (Å²) in [6, 6.07) is 0. The van der Waals surface area contributed by atoms with E-state index in [1.165, 1.54) is 38.9 Å². The standard InChI is InChI=1S/C13H24N2O/c16-11-10-14-6-8-15(9-7-14)12-13-4-2-1-3-5-13/h1-2,13,16H,3-12H2/t13-/m0/s1. The third-order valence-electron chi connectivity index (χ3n) is 3.78. The molecule has 1 aliphatic carbocycles. The molecule has 3 nitrogen and oxygen atoms in total. The van der Waals surface area contributed by atoms with Crippen LogP contribution in [-0.4, -0.2) is 60.8 Å². The number of hydrogen-bond acceptors (Lipinski definition) is 3. The number of nitrogens with zero attached hydrogens (tertiary/aromatic N) is 2. The highest BCUT2D eigenvalue weighted by atomic mass is 16.3. The maximum absolute atomic E-state index is 8.88. The van der Waals surface area contributed by atoms with E-state index in [4.69, 9.17) is 5.11 Å². The molecule has 16 heavy (non-hydrogen) atoms. The van der Waals surface area contributed by atoms with Gasteiger partial charge in [-0.05, 0) is 25.2 Å². The lowest BCUT2D eigenvalue weighted by Gasteiger charge is -2.36. The van der Waals surface area contributed by atoms with Crippen molar-refractivity contribution >= 4 is 0 Å². The number of aliphatic hydroxyl groups excluding tert-OH is 1. The molecule has 1 saturated heterocycles. The average Bonchev–Trinajstić information content (AvgIpc) is 2.33. The zero-order chi connectivity index (χ0) is 11.2. The molecule has 1 heterocycles. The second-order valence-corrected chi connectivity index (χ2v) is 5.02. The largest absolute Gasteiger partial charge is 0.395 e. The molecule has 0 aromatic carbocycles. The highest BCUT2D eigenvalue weighted by molar-refractivity contribution is 4.91. The Morgan fingerprint density at radius 2 is 1.81 bits per heavy atom. The van der Waals surface area contributed by atoms with E-state index < -0.39 is 0 Å². The van der Waals surface area contributed by atoms with Gasteiger partial charge in [-0.25, -0.2) is 0 Å². The third kappa shape index (κ3) is 3.58. The van der Waals surface area contributed by atoms with E-state index >= 15 is 0 Å². The Bertz CT molecular complexity index is 222. The van der Waals surface area contributed by atoms with Crippen molar-refractivity contribution in [3.8, 4) is 0 Å². The van der Waals surface area contributed by atoms with Gasteiger partial charge in [0.1, 0.15) is 0 Å². The number of aliphatic hydroxyl groups is 1. The molecule has 0 aromatic heterocycles. The van der Waals surface area contributed by atoms with Crippen molar-refractivity contribution in [2.45, 2.75) is 19.3 Å². The average molecular weight is 224 g/mol. The first-order valence-electron chi connectivity index (χ1n) is 6.59. The van der Waals surface area contributed by atoms with Crippen molar-refractivity contribution in [3.05, 3.63) is 12.2 Å². The maximum atomic E-state index is 8.88. The SMILES string of the molecule is OCCN1CCN(C[C@H]2CC=CCC2)CC1. The number of allylic oxidation sites excluding steroid dienone is 2. The molecular weight excluding hydrogens is 200 g/mol. The fraction of sp³-hybridized carbons (Fsp3) is 0.846. The summed E-state index contributed by atoms with van der Waals surface area (Å²) in [7, 11) is 0. The zero-order valence-electron chi connectivity index (χ0n) is 10.1. The van der Waals surface area contributed by atoms with E-state index in [1.54, 1.807) is 0 Å². The monoisotopic (exact) mass is 224 g/mol. The smallest absolute Gasteiger partial charge is 0.0558 e. The van der Waals surface area contributed by atoms with Crippen LogP contribution >= 0.6 is 0 Å². The van der Waals surface area contributed by atoms with Crippen molar-refractivity contribution in [1.82, 2.24) is 9.80 Å². The Kier molecular flexibility index (Phi) is 4.82. The highest BCUT2D eigenvalue weighted by Gasteiger charge is 2.19. The summed E-state index contributed by atoms with van der Waals surface area (Å²) in [5.41, 5.74) is 0. The van der Waals surface area contributed by atoms with Gasteiger partial charge >= 0.3 is 0 Å². The van der Waals surface area contributed by atoms with E-state index in [9.17, 15) is 0 Å². The molecule has 2 aliphatic rings. The van der Waals surface area contributed by atoms with E-state index in [0.717, 1.165) is 25.6 Å². The minimum Gasteiger partial charge on any atom is -0.395 e. The first-order valence-corrected chi connectivity index (χ1v) is 6.59. The first kappa shape index (κ1) is 12.1. The summed E-state index contributed by atoms with van der Waals surface area (Å²) >= 11 is 0. The van der Waals surface area contributed by atoms with Crippen molar-refractivity contribution in [2.75, 3.05) is 45.9 Å². The van der Waals surface area contributed by atoms with E-state index in [0.29, 0.717) is 6.61 Å². The first-order chi connectivity index (χ1) is 7.88. The molecule has 0 radical (unpaired) electrons. The minimum absolute atomic E-state index is 0.299. The lowest BCUT2D eigenvalue weighted by Crippen LogP contribution is -2.48. The van der Waals surface area contributed by atoms with Crippen molar-refractivity contribution in [2.24, 2.45) is 5.92 Å². The van der Waals surface area contributed by atoms with Gasteiger partial charge < -0.3 is 10.0 Å². The third-order valence-corrected chi connectivity index (χ3v) is 3.78. The quantitative estimate of drug-likeness (QED) is 0.720. The molecule has 1 N–H and O–H groups in total. The molecule has 92 valence electrons. The second-order valence-electron chi connectivity index (χ2n) is 5.02. The Morgan fingerprint density at radius 3 is 2.44 bits per heavy atom. The Morgan fingerprint density at radius 1 is 1.06 bits per heavy atom. The molecule has 1 atom stereocenters. The van der Waals surface area contributed by atoms with Gasteiger partial charge in [0.2, 0.25) is 0 Å². The van der Waals surface area contributed by atoms with Gasteiger partial charge in [-0.1, -0.05) is 12.2 Å². The van der Waals surface area contributed by atoms with Crippen LogP contribution in [0.15, 0.2) is 12.2 Å². The van der Waals surface area contributed by atoms with Crippen molar-refractivity contribution < 1.29 is 5.11 Å². The number of rotatable bonds is 4. The summed E-state index contributed by atoms with van der Waals surface area (Å²) < 4.78 is 0. The minimum atomic E-state index is 0.299. The van der Waals surface area contributed by atoms with Crippen LogP contribution in [0.4, 0.5) is 0 Å². The highest BCUT2D eigenvalue weighted by Crippen LogP contribution is 2.19. The Labute approximate surface area is 98.7 Å². The summed E-state index contributed by atoms with van der Waals surface area (Å²) in [5.74, 6) is 0.884. The zero-order valence-corrected chi connectivity index (χ0v) is 10.1. The fourth-order valence-electron chi connectivity index (χ4n) is 2.72. The van der Waals surface area contributed by atoms with Crippen LogP contribution in [0.25, 0.3) is 0 Å². The molecule has 0 bridgehead atoms. The molecular formula is C13H24N2O. The molecule has 0 spiro atoms. The van der Waals surface area contributed by atoms with E-state index in [1.807, 2.05) is 0 Å². The van der Waals surface area contributed by atoms with Crippen LogP contribution in [0, 0.1) is 5.92 Å².